The smallest absolute Gasteiger partial charge is 0.319 e. The van der Waals surface area contributed by atoms with Crippen molar-refractivity contribution in [3.8, 4) is 5.69 Å². The highest BCUT2D eigenvalue weighted by molar-refractivity contribution is 5.89. The molecule has 4 rings (SSSR count). The number of amides is 2. The normalized spacial score (nSPS) is 18.0. The number of carbonyl (C=O) groups is 1. The standard InChI is InChI=1S/C21H20F2N4O/c1-12-8-13(2)27(26-12)20-7-6-16(10-18(20)23)24-21(28)25-19-11-17(19)14-4-3-5-15(22)9-14/h3-10,17,19H,11H2,1-2H3,(H2,24,25,28)/t17-,19-/m1/s1. The first-order valence-electron chi connectivity index (χ1n) is 9.07. The average Bonchev–Trinajstić information content (AvgIpc) is 3.31. The third-order valence-electron chi connectivity index (χ3n) is 4.83. The van der Waals surface area contributed by atoms with Crippen LogP contribution in [0.15, 0.2) is 48.5 Å². The molecule has 2 aromatic carbocycles. The highest BCUT2D eigenvalue weighted by Crippen LogP contribution is 2.40. The molecule has 1 heterocycles. The van der Waals surface area contributed by atoms with Crippen LogP contribution in [0.25, 0.3) is 5.69 Å². The second-order valence-corrected chi connectivity index (χ2v) is 7.11. The summed E-state index contributed by atoms with van der Waals surface area (Å²) in [6.07, 6.45) is 0.752. The topological polar surface area (TPSA) is 59.0 Å². The summed E-state index contributed by atoms with van der Waals surface area (Å²) in [5, 5.41) is 9.75. The zero-order valence-electron chi connectivity index (χ0n) is 15.5. The van der Waals surface area contributed by atoms with Crippen molar-refractivity contribution >= 4 is 11.7 Å². The predicted molar refractivity (Wildman–Crippen MR) is 103 cm³/mol. The molecule has 2 amide bonds. The lowest BCUT2D eigenvalue weighted by Crippen LogP contribution is -2.31. The molecular weight excluding hydrogens is 362 g/mol. The molecule has 144 valence electrons. The van der Waals surface area contributed by atoms with Crippen LogP contribution in [0.2, 0.25) is 0 Å². The number of nitrogens with one attached hydrogen (secondary N) is 2. The van der Waals surface area contributed by atoms with Crippen LogP contribution < -0.4 is 10.6 Å². The van der Waals surface area contributed by atoms with Crippen LogP contribution in [0.3, 0.4) is 0 Å². The molecule has 0 unspecified atom stereocenters. The summed E-state index contributed by atoms with van der Waals surface area (Å²) in [6, 6.07) is 12.3. The van der Waals surface area contributed by atoms with Gasteiger partial charge >= 0.3 is 6.03 Å². The molecule has 0 saturated heterocycles. The van der Waals surface area contributed by atoms with Gasteiger partial charge in [-0.3, -0.25) is 0 Å². The van der Waals surface area contributed by atoms with Crippen LogP contribution >= 0.6 is 0 Å². The number of urea groups is 1. The number of hydrogen-bond donors (Lipinski definition) is 2. The summed E-state index contributed by atoms with van der Waals surface area (Å²) >= 11 is 0. The highest BCUT2D eigenvalue weighted by atomic mass is 19.1. The first-order chi connectivity index (χ1) is 13.4. The maximum absolute atomic E-state index is 14.5. The second kappa shape index (κ2) is 7.07. The van der Waals surface area contributed by atoms with Crippen molar-refractivity contribution < 1.29 is 13.6 Å². The van der Waals surface area contributed by atoms with Gasteiger partial charge in [0.25, 0.3) is 0 Å². The second-order valence-electron chi connectivity index (χ2n) is 7.11. The summed E-state index contributed by atoms with van der Waals surface area (Å²) in [7, 11) is 0. The quantitative estimate of drug-likeness (QED) is 0.701. The molecule has 3 aromatic rings. The molecule has 1 aromatic heterocycles. The fourth-order valence-electron chi connectivity index (χ4n) is 3.42. The van der Waals surface area contributed by atoms with Gasteiger partial charge in [-0.05, 0) is 62.2 Å². The Bertz CT molecular complexity index is 1050. The Hall–Kier alpha value is -3.22. The Labute approximate surface area is 161 Å². The van der Waals surface area contributed by atoms with E-state index in [-0.39, 0.29) is 17.8 Å². The third-order valence-corrected chi connectivity index (χ3v) is 4.83. The van der Waals surface area contributed by atoms with E-state index in [1.807, 2.05) is 26.0 Å². The molecule has 7 heteroatoms. The predicted octanol–water partition coefficient (Wildman–Crippen LogP) is 4.44. The minimum absolute atomic E-state index is 0.0550. The number of aryl methyl sites for hydroxylation is 2. The van der Waals surface area contributed by atoms with E-state index < -0.39 is 11.8 Å². The van der Waals surface area contributed by atoms with Gasteiger partial charge in [-0.25, -0.2) is 18.3 Å². The lowest BCUT2D eigenvalue weighted by molar-refractivity contribution is 0.251. The molecule has 1 fully saturated rings. The number of hydrogen-bond acceptors (Lipinski definition) is 2. The number of halogens is 2. The maximum atomic E-state index is 14.5. The number of anilines is 1. The van der Waals surface area contributed by atoms with E-state index in [4.69, 9.17) is 0 Å². The van der Waals surface area contributed by atoms with Gasteiger partial charge < -0.3 is 10.6 Å². The summed E-state index contributed by atoms with van der Waals surface area (Å²) in [4.78, 5) is 12.2. The van der Waals surface area contributed by atoms with Crippen molar-refractivity contribution in [1.29, 1.82) is 0 Å². The van der Waals surface area contributed by atoms with Crippen LogP contribution in [-0.4, -0.2) is 21.9 Å². The fraction of sp³-hybridized carbons (Fsp3) is 0.238. The number of nitrogens with zero attached hydrogens (tertiary/aromatic N) is 2. The molecule has 1 aliphatic carbocycles. The third kappa shape index (κ3) is 3.74. The number of rotatable bonds is 4. The molecule has 28 heavy (non-hydrogen) atoms. The minimum Gasteiger partial charge on any atom is -0.334 e. The zero-order valence-corrected chi connectivity index (χ0v) is 15.5. The van der Waals surface area contributed by atoms with Gasteiger partial charge in [0.05, 0.1) is 5.69 Å². The summed E-state index contributed by atoms with van der Waals surface area (Å²) in [5.74, 6) is -0.662. The van der Waals surface area contributed by atoms with Crippen LogP contribution in [0, 0.1) is 25.5 Å². The Kier molecular flexibility index (Phi) is 4.58. The average molecular weight is 382 g/mol. The molecule has 0 spiro atoms. The van der Waals surface area contributed by atoms with Crippen LogP contribution in [0.1, 0.15) is 29.3 Å². The van der Waals surface area contributed by atoms with Crippen LogP contribution in [0.5, 0.6) is 0 Å². The van der Waals surface area contributed by atoms with Gasteiger partial charge in [-0.1, -0.05) is 12.1 Å². The van der Waals surface area contributed by atoms with Crippen LogP contribution in [-0.2, 0) is 0 Å². The lowest BCUT2D eigenvalue weighted by Gasteiger charge is -2.10. The van der Waals surface area contributed by atoms with Gasteiger partial charge in [0.2, 0.25) is 0 Å². The van der Waals surface area contributed by atoms with E-state index in [2.05, 4.69) is 15.7 Å². The van der Waals surface area contributed by atoms with Crippen LogP contribution in [0.4, 0.5) is 19.3 Å². The van der Waals surface area contributed by atoms with Gasteiger partial charge in [0.1, 0.15) is 11.5 Å². The monoisotopic (exact) mass is 382 g/mol. The molecule has 1 aliphatic rings. The van der Waals surface area contributed by atoms with E-state index >= 15 is 0 Å². The molecule has 5 nitrogen and oxygen atoms in total. The fourth-order valence-corrected chi connectivity index (χ4v) is 3.42. The Morgan fingerprint density at radius 2 is 1.96 bits per heavy atom. The van der Waals surface area contributed by atoms with Crippen molar-refractivity contribution in [1.82, 2.24) is 15.1 Å². The lowest BCUT2D eigenvalue weighted by atomic mass is 10.1. The molecule has 2 atom stereocenters. The summed E-state index contributed by atoms with van der Waals surface area (Å²) in [6.45, 7) is 3.69. The molecule has 0 aliphatic heterocycles. The molecular formula is C21H20F2N4O. The first-order valence-corrected chi connectivity index (χ1v) is 9.07. The largest absolute Gasteiger partial charge is 0.334 e. The van der Waals surface area contributed by atoms with Gasteiger partial charge in [0.15, 0.2) is 5.82 Å². The van der Waals surface area contributed by atoms with Crippen molar-refractivity contribution in [2.75, 3.05) is 5.32 Å². The van der Waals surface area contributed by atoms with Gasteiger partial charge in [-0.15, -0.1) is 0 Å². The van der Waals surface area contributed by atoms with Crippen molar-refractivity contribution in [3.63, 3.8) is 0 Å². The number of benzene rings is 2. The summed E-state index contributed by atoms with van der Waals surface area (Å²) < 4.78 is 29.3. The summed E-state index contributed by atoms with van der Waals surface area (Å²) in [5.41, 5.74) is 3.17. The van der Waals surface area contributed by atoms with E-state index in [0.29, 0.717) is 11.4 Å². The van der Waals surface area contributed by atoms with E-state index in [9.17, 15) is 13.6 Å². The first kappa shape index (κ1) is 18.2. The van der Waals surface area contributed by atoms with Crippen molar-refractivity contribution in [3.05, 3.63) is 77.1 Å². The zero-order chi connectivity index (χ0) is 19.8. The Balaban J connectivity index is 1.39. The van der Waals surface area contributed by atoms with E-state index in [0.717, 1.165) is 23.4 Å². The number of aromatic nitrogens is 2. The number of carbonyl (C=O) groups excluding carboxylic acids is 1. The Morgan fingerprint density at radius 1 is 1.14 bits per heavy atom. The van der Waals surface area contributed by atoms with Crippen molar-refractivity contribution in [2.45, 2.75) is 32.2 Å². The van der Waals surface area contributed by atoms with E-state index in [1.165, 1.54) is 22.9 Å². The Morgan fingerprint density at radius 3 is 2.64 bits per heavy atom. The molecule has 0 bridgehead atoms. The molecule has 1 saturated carbocycles. The van der Waals surface area contributed by atoms with E-state index in [1.54, 1.807) is 18.2 Å². The van der Waals surface area contributed by atoms with Crippen molar-refractivity contribution in [2.24, 2.45) is 0 Å². The van der Waals surface area contributed by atoms with Gasteiger partial charge in [0, 0.05) is 23.3 Å². The van der Waals surface area contributed by atoms with Gasteiger partial charge in [-0.2, -0.15) is 5.10 Å². The molecule has 2 N–H and O–H groups in total. The SMILES string of the molecule is Cc1cc(C)n(-c2ccc(NC(=O)N[C@@H]3C[C@@H]3c3cccc(F)c3)cc2F)n1. The molecule has 0 radical (unpaired) electrons. The maximum Gasteiger partial charge on any atom is 0.319 e. The minimum atomic E-state index is -0.479. The highest BCUT2D eigenvalue weighted by Gasteiger charge is 2.39.